The van der Waals surface area contributed by atoms with E-state index in [9.17, 15) is 9.59 Å². The molecule has 0 fully saturated rings. The van der Waals surface area contributed by atoms with Gasteiger partial charge in [-0.25, -0.2) is 5.48 Å². The zero-order chi connectivity index (χ0) is 21.0. The Bertz CT molecular complexity index is 1010. The number of hydroxylamine groups is 1. The van der Waals surface area contributed by atoms with Gasteiger partial charge in [-0.05, 0) is 35.7 Å². The van der Waals surface area contributed by atoms with Gasteiger partial charge in [0.2, 0.25) is 5.91 Å². The molecule has 0 saturated heterocycles. The van der Waals surface area contributed by atoms with Gasteiger partial charge in [0.25, 0.3) is 5.91 Å². The number of amides is 2. The van der Waals surface area contributed by atoms with Crippen LogP contribution in [0.15, 0.2) is 54.7 Å². The highest BCUT2D eigenvalue weighted by Gasteiger charge is 2.20. The molecule has 0 radical (unpaired) electrons. The molecule has 29 heavy (non-hydrogen) atoms. The van der Waals surface area contributed by atoms with Crippen LogP contribution in [0, 0.1) is 5.41 Å². The zero-order valence-corrected chi connectivity index (χ0v) is 17.0. The molecule has 2 amide bonds. The van der Waals surface area contributed by atoms with Crippen molar-refractivity contribution in [3.63, 3.8) is 0 Å². The van der Waals surface area contributed by atoms with E-state index >= 15 is 0 Å². The number of hydrogen-bond acceptors (Lipinski definition) is 3. The SMILES string of the molecule is CC(C)(C)C(=O)NCCc1cn(Cc2ccc(C(=O)NO)cc2)c2ccccc12. The molecule has 0 unspecified atom stereocenters. The predicted octanol–water partition coefficient (Wildman–Crippen LogP) is 3.51. The van der Waals surface area contributed by atoms with Crippen LogP contribution >= 0.6 is 0 Å². The van der Waals surface area contributed by atoms with E-state index in [1.807, 2.05) is 45.0 Å². The molecular weight excluding hydrogens is 366 g/mol. The Morgan fingerprint density at radius 1 is 1.03 bits per heavy atom. The Balaban J connectivity index is 1.77. The van der Waals surface area contributed by atoms with Crippen LogP contribution in [0.25, 0.3) is 10.9 Å². The number of nitrogens with one attached hydrogen (secondary N) is 2. The minimum absolute atomic E-state index is 0.0493. The largest absolute Gasteiger partial charge is 0.355 e. The molecule has 1 heterocycles. The van der Waals surface area contributed by atoms with Gasteiger partial charge in [-0.1, -0.05) is 51.1 Å². The number of rotatable bonds is 6. The summed E-state index contributed by atoms with van der Waals surface area (Å²) < 4.78 is 2.18. The summed E-state index contributed by atoms with van der Waals surface area (Å²) in [6.45, 7) is 6.97. The number of hydrogen-bond donors (Lipinski definition) is 3. The molecule has 2 aromatic carbocycles. The summed E-state index contributed by atoms with van der Waals surface area (Å²) in [5.41, 5.74) is 5.01. The van der Waals surface area contributed by atoms with Crippen LogP contribution in [-0.4, -0.2) is 28.1 Å². The van der Waals surface area contributed by atoms with E-state index < -0.39 is 11.3 Å². The summed E-state index contributed by atoms with van der Waals surface area (Å²) in [7, 11) is 0. The first-order valence-corrected chi connectivity index (χ1v) is 9.68. The van der Waals surface area contributed by atoms with E-state index in [1.54, 1.807) is 17.6 Å². The van der Waals surface area contributed by atoms with Gasteiger partial charge in [0.05, 0.1) is 0 Å². The molecule has 6 heteroatoms. The van der Waals surface area contributed by atoms with E-state index in [0.29, 0.717) is 18.7 Å². The van der Waals surface area contributed by atoms with E-state index in [2.05, 4.69) is 28.2 Å². The molecule has 6 nitrogen and oxygen atoms in total. The topological polar surface area (TPSA) is 83.4 Å². The fraction of sp³-hybridized carbons (Fsp3) is 0.304. The first kappa shape index (κ1) is 20.6. The van der Waals surface area contributed by atoms with E-state index in [4.69, 9.17) is 5.21 Å². The molecular formula is C23H27N3O3. The second-order valence-electron chi connectivity index (χ2n) is 8.19. The lowest BCUT2D eigenvalue weighted by molar-refractivity contribution is -0.128. The Morgan fingerprint density at radius 2 is 1.72 bits per heavy atom. The Hall–Kier alpha value is -3.12. The van der Waals surface area contributed by atoms with Gasteiger partial charge in [-0.2, -0.15) is 0 Å². The van der Waals surface area contributed by atoms with E-state index in [-0.39, 0.29) is 5.91 Å². The minimum Gasteiger partial charge on any atom is -0.355 e. The molecule has 1 aromatic heterocycles. The van der Waals surface area contributed by atoms with Crippen LogP contribution in [0.4, 0.5) is 0 Å². The van der Waals surface area contributed by atoms with Crippen LogP contribution in [-0.2, 0) is 17.8 Å². The normalized spacial score (nSPS) is 11.4. The number of carbonyl (C=O) groups excluding carboxylic acids is 2. The van der Waals surface area contributed by atoms with E-state index in [0.717, 1.165) is 17.5 Å². The summed E-state index contributed by atoms with van der Waals surface area (Å²) in [4.78, 5) is 23.6. The van der Waals surface area contributed by atoms with Crippen molar-refractivity contribution in [1.29, 1.82) is 0 Å². The van der Waals surface area contributed by atoms with Crippen molar-refractivity contribution in [3.05, 3.63) is 71.4 Å². The summed E-state index contributed by atoms with van der Waals surface area (Å²) in [5, 5.41) is 12.9. The van der Waals surface area contributed by atoms with Gasteiger partial charge >= 0.3 is 0 Å². The molecule has 3 N–H and O–H groups in total. The summed E-state index contributed by atoms with van der Waals surface area (Å²) in [6, 6.07) is 15.3. The second-order valence-corrected chi connectivity index (χ2v) is 8.19. The molecule has 3 aromatic rings. The zero-order valence-electron chi connectivity index (χ0n) is 17.0. The average molecular weight is 393 g/mol. The third-order valence-corrected chi connectivity index (χ3v) is 4.90. The van der Waals surface area contributed by atoms with Gasteiger partial charge in [0.15, 0.2) is 0 Å². The number of benzene rings is 2. The number of fused-ring (bicyclic) bond motifs is 1. The second kappa shape index (κ2) is 8.49. The van der Waals surface area contributed by atoms with Crippen molar-refractivity contribution in [2.45, 2.75) is 33.7 Å². The molecule has 3 rings (SSSR count). The summed E-state index contributed by atoms with van der Waals surface area (Å²) in [5.74, 6) is -0.476. The van der Waals surface area contributed by atoms with E-state index in [1.165, 1.54) is 10.9 Å². The van der Waals surface area contributed by atoms with Crippen LogP contribution in [0.1, 0.15) is 42.3 Å². The van der Waals surface area contributed by atoms with Crippen molar-refractivity contribution in [1.82, 2.24) is 15.4 Å². The van der Waals surface area contributed by atoms with Crippen LogP contribution in [0.5, 0.6) is 0 Å². The van der Waals surface area contributed by atoms with Gasteiger partial charge in [-0.15, -0.1) is 0 Å². The van der Waals surface area contributed by atoms with Crippen molar-refractivity contribution in [2.75, 3.05) is 6.54 Å². The molecule has 0 saturated carbocycles. The van der Waals surface area contributed by atoms with Crippen molar-refractivity contribution in [2.24, 2.45) is 5.41 Å². The lowest BCUT2D eigenvalue weighted by Crippen LogP contribution is -2.35. The standard InChI is InChI=1S/C23H27N3O3/c1-23(2,3)22(28)24-13-12-18-15-26(20-7-5-4-6-19(18)20)14-16-8-10-17(11-9-16)21(27)25-29/h4-11,15,29H,12-14H2,1-3H3,(H,24,28)(H,25,27). The maximum absolute atomic E-state index is 12.1. The Kier molecular flexibility index (Phi) is 6.03. The summed E-state index contributed by atoms with van der Waals surface area (Å²) in [6.07, 6.45) is 2.88. The fourth-order valence-electron chi connectivity index (χ4n) is 3.25. The fourth-order valence-corrected chi connectivity index (χ4v) is 3.25. The Labute approximate surface area is 170 Å². The predicted molar refractivity (Wildman–Crippen MR) is 113 cm³/mol. The average Bonchev–Trinajstić information content (AvgIpc) is 3.05. The smallest absolute Gasteiger partial charge is 0.274 e. The molecule has 0 bridgehead atoms. The molecule has 0 aliphatic heterocycles. The molecule has 0 atom stereocenters. The number of carbonyl (C=O) groups is 2. The monoisotopic (exact) mass is 393 g/mol. The highest BCUT2D eigenvalue weighted by molar-refractivity contribution is 5.93. The van der Waals surface area contributed by atoms with Crippen LogP contribution < -0.4 is 10.8 Å². The number of aromatic nitrogens is 1. The Morgan fingerprint density at radius 3 is 2.38 bits per heavy atom. The number of nitrogens with zero attached hydrogens (tertiary/aromatic N) is 1. The van der Waals surface area contributed by atoms with Gasteiger partial charge < -0.3 is 9.88 Å². The van der Waals surface area contributed by atoms with Gasteiger partial charge in [0.1, 0.15) is 0 Å². The minimum atomic E-state index is -0.525. The molecule has 152 valence electrons. The van der Waals surface area contributed by atoms with Crippen LogP contribution in [0.3, 0.4) is 0 Å². The lowest BCUT2D eigenvalue weighted by atomic mass is 9.95. The van der Waals surface area contributed by atoms with Crippen molar-refractivity contribution < 1.29 is 14.8 Å². The quantitative estimate of drug-likeness (QED) is 0.443. The third-order valence-electron chi connectivity index (χ3n) is 4.90. The third kappa shape index (κ3) is 4.84. The van der Waals surface area contributed by atoms with Gasteiger partial charge in [0, 0.05) is 41.2 Å². The lowest BCUT2D eigenvalue weighted by Gasteiger charge is -2.17. The highest BCUT2D eigenvalue weighted by Crippen LogP contribution is 2.23. The van der Waals surface area contributed by atoms with Crippen LogP contribution in [0.2, 0.25) is 0 Å². The van der Waals surface area contributed by atoms with Crippen molar-refractivity contribution >= 4 is 22.7 Å². The van der Waals surface area contributed by atoms with Gasteiger partial charge in [-0.3, -0.25) is 14.8 Å². The molecule has 0 spiro atoms. The highest BCUT2D eigenvalue weighted by atomic mass is 16.5. The first-order chi connectivity index (χ1) is 13.8. The first-order valence-electron chi connectivity index (χ1n) is 9.68. The maximum Gasteiger partial charge on any atom is 0.274 e. The maximum atomic E-state index is 12.1. The summed E-state index contributed by atoms with van der Waals surface area (Å²) >= 11 is 0. The van der Waals surface area contributed by atoms with Crippen molar-refractivity contribution in [3.8, 4) is 0 Å². The number of para-hydroxylation sites is 1. The molecule has 0 aliphatic carbocycles. The molecule has 0 aliphatic rings.